The van der Waals surface area contributed by atoms with Crippen molar-refractivity contribution in [3.05, 3.63) is 0 Å². The molecule has 0 saturated carbocycles. The Balaban J connectivity index is 2.57. The maximum absolute atomic E-state index is 11.2. The molecule has 0 radical (unpaired) electrons. The number of carbonyl (C=O) groups is 1. The predicted octanol–water partition coefficient (Wildman–Crippen LogP) is -0.971. The SMILES string of the molecule is CC1(NC(=O)CCN)CCS(=O)(=O)C1. The molecule has 1 unspecified atom stereocenters. The first-order valence-corrected chi connectivity index (χ1v) is 6.41. The van der Waals surface area contributed by atoms with Gasteiger partial charge >= 0.3 is 0 Å². The minimum absolute atomic E-state index is 0.0380. The van der Waals surface area contributed by atoms with Gasteiger partial charge in [0, 0.05) is 13.0 Å². The lowest BCUT2D eigenvalue weighted by atomic mass is 10.0. The summed E-state index contributed by atoms with van der Waals surface area (Å²) >= 11 is 0. The van der Waals surface area contributed by atoms with E-state index < -0.39 is 15.4 Å². The van der Waals surface area contributed by atoms with Crippen molar-refractivity contribution in [1.29, 1.82) is 0 Å². The van der Waals surface area contributed by atoms with Crippen LogP contribution in [0.3, 0.4) is 0 Å². The molecule has 5 nitrogen and oxygen atoms in total. The average Bonchev–Trinajstić information content (AvgIpc) is 2.25. The maximum atomic E-state index is 11.2. The fraction of sp³-hybridized carbons (Fsp3) is 0.875. The van der Waals surface area contributed by atoms with Crippen molar-refractivity contribution < 1.29 is 13.2 Å². The third-order valence-corrected chi connectivity index (χ3v) is 4.22. The molecule has 1 atom stereocenters. The van der Waals surface area contributed by atoms with E-state index in [0.717, 1.165) is 0 Å². The second kappa shape index (κ2) is 3.86. The number of nitrogens with two attached hydrogens (primary N) is 1. The Labute approximate surface area is 84.0 Å². The van der Waals surface area contributed by atoms with Gasteiger partial charge in [0.25, 0.3) is 0 Å². The van der Waals surface area contributed by atoms with Crippen LogP contribution in [-0.2, 0) is 14.6 Å². The van der Waals surface area contributed by atoms with Crippen molar-refractivity contribution in [2.24, 2.45) is 5.73 Å². The molecular weight excluding hydrogens is 204 g/mol. The zero-order chi connectivity index (χ0) is 10.8. The summed E-state index contributed by atoms with van der Waals surface area (Å²) in [5.41, 5.74) is 4.63. The van der Waals surface area contributed by atoms with Gasteiger partial charge in [-0.05, 0) is 13.3 Å². The van der Waals surface area contributed by atoms with Gasteiger partial charge in [-0.1, -0.05) is 0 Å². The zero-order valence-electron chi connectivity index (χ0n) is 8.25. The fourth-order valence-electron chi connectivity index (χ4n) is 1.64. The van der Waals surface area contributed by atoms with Crippen molar-refractivity contribution in [2.75, 3.05) is 18.1 Å². The molecule has 0 aromatic rings. The van der Waals surface area contributed by atoms with Gasteiger partial charge in [0.1, 0.15) is 0 Å². The van der Waals surface area contributed by atoms with E-state index in [9.17, 15) is 13.2 Å². The number of hydrogen-bond acceptors (Lipinski definition) is 4. The van der Waals surface area contributed by atoms with Crippen LogP contribution in [0, 0.1) is 0 Å². The zero-order valence-corrected chi connectivity index (χ0v) is 9.06. The van der Waals surface area contributed by atoms with E-state index >= 15 is 0 Å². The smallest absolute Gasteiger partial charge is 0.221 e. The second-order valence-electron chi connectivity index (χ2n) is 3.99. The Bertz CT molecular complexity index is 325. The van der Waals surface area contributed by atoms with Crippen molar-refractivity contribution >= 4 is 15.7 Å². The van der Waals surface area contributed by atoms with Gasteiger partial charge in [0.05, 0.1) is 17.0 Å². The highest BCUT2D eigenvalue weighted by Gasteiger charge is 2.39. The van der Waals surface area contributed by atoms with Gasteiger partial charge in [-0.2, -0.15) is 0 Å². The number of carbonyl (C=O) groups excluding carboxylic acids is 1. The number of amides is 1. The molecule has 6 heteroatoms. The van der Waals surface area contributed by atoms with E-state index in [4.69, 9.17) is 5.73 Å². The van der Waals surface area contributed by atoms with E-state index in [1.165, 1.54) is 0 Å². The molecular formula is C8H16N2O3S. The Kier molecular flexibility index (Phi) is 3.16. The van der Waals surface area contributed by atoms with Crippen LogP contribution in [0.4, 0.5) is 0 Å². The highest BCUT2D eigenvalue weighted by Crippen LogP contribution is 2.22. The number of nitrogens with one attached hydrogen (secondary N) is 1. The van der Waals surface area contributed by atoms with Crippen molar-refractivity contribution in [3.63, 3.8) is 0 Å². The molecule has 1 saturated heterocycles. The first kappa shape index (κ1) is 11.5. The van der Waals surface area contributed by atoms with Gasteiger partial charge in [-0.3, -0.25) is 4.79 Å². The normalized spacial score (nSPS) is 30.1. The molecule has 0 aromatic carbocycles. The molecule has 0 aromatic heterocycles. The molecule has 1 aliphatic heterocycles. The van der Waals surface area contributed by atoms with Crippen LogP contribution in [0.1, 0.15) is 19.8 Å². The summed E-state index contributed by atoms with van der Waals surface area (Å²) in [6.07, 6.45) is 0.737. The summed E-state index contributed by atoms with van der Waals surface area (Å²) in [6, 6.07) is 0. The number of hydrogen-bond donors (Lipinski definition) is 2. The van der Waals surface area contributed by atoms with E-state index in [2.05, 4.69) is 5.32 Å². The lowest BCUT2D eigenvalue weighted by molar-refractivity contribution is -0.122. The number of sulfone groups is 1. The monoisotopic (exact) mass is 220 g/mol. The topological polar surface area (TPSA) is 89.3 Å². The van der Waals surface area contributed by atoms with Gasteiger partial charge in [0.15, 0.2) is 9.84 Å². The second-order valence-corrected chi connectivity index (χ2v) is 6.17. The quantitative estimate of drug-likeness (QED) is 0.640. The van der Waals surface area contributed by atoms with Crippen LogP contribution in [0.2, 0.25) is 0 Å². The summed E-state index contributed by atoms with van der Waals surface area (Å²) in [5.74, 6) is 0.0232. The Morgan fingerprint density at radius 1 is 1.57 bits per heavy atom. The minimum atomic E-state index is -2.96. The Morgan fingerprint density at radius 2 is 2.21 bits per heavy atom. The highest BCUT2D eigenvalue weighted by molar-refractivity contribution is 7.91. The fourth-order valence-corrected chi connectivity index (χ4v) is 3.73. The third kappa shape index (κ3) is 2.95. The molecule has 0 bridgehead atoms. The Hall–Kier alpha value is -0.620. The lowest BCUT2D eigenvalue weighted by Gasteiger charge is -2.23. The van der Waals surface area contributed by atoms with Gasteiger partial charge in [-0.15, -0.1) is 0 Å². The molecule has 1 aliphatic rings. The molecule has 1 fully saturated rings. The van der Waals surface area contributed by atoms with Crippen LogP contribution < -0.4 is 11.1 Å². The summed E-state index contributed by atoms with van der Waals surface area (Å²) in [7, 11) is -2.96. The summed E-state index contributed by atoms with van der Waals surface area (Å²) in [5, 5.41) is 2.71. The average molecular weight is 220 g/mol. The van der Waals surface area contributed by atoms with E-state index in [1.54, 1.807) is 6.92 Å². The van der Waals surface area contributed by atoms with Crippen LogP contribution in [0.5, 0.6) is 0 Å². The predicted molar refractivity (Wildman–Crippen MR) is 53.5 cm³/mol. The molecule has 14 heavy (non-hydrogen) atoms. The van der Waals surface area contributed by atoms with E-state index in [0.29, 0.717) is 6.42 Å². The molecule has 1 heterocycles. The minimum Gasteiger partial charge on any atom is -0.350 e. The molecule has 1 amide bonds. The van der Waals surface area contributed by atoms with Crippen LogP contribution in [0.25, 0.3) is 0 Å². The molecule has 3 N–H and O–H groups in total. The molecule has 0 spiro atoms. The van der Waals surface area contributed by atoms with Crippen LogP contribution in [0.15, 0.2) is 0 Å². The van der Waals surface area contributed by atoms with E-state index in [1.807, 2.05) is 0 Å². The van der Waals surface area contributed by atoms with Gasteiger partial charge < -0.3 is 11.1 Å². The first-order valence-electron chi connectivity index (χ1n) is 4.58. The van der Waals surface area contributed by atoms with Crippen molar-refractivity contribution in [2.45, 2.75) is 25.3 Å². The van der Waals surface area contributed by atoms with Gasteiger partial charge in [0.2, 0.25) is 5.91 Å². The largest absolute Gasteiger partial charge is 0.350 e. The maximum Gasteiger partial charge on any atom is 0.221 e. The highest BCUT2D eigenvalue weighted by atomic mass is 32.2. The summed E-state index contributed by atoms with van der Waals surface area (Å²) < 4.78 is 22.4. The van der Waals surface area contributed by atoms with Crippen LogP contribution >= 0.6 is 0 Å². The lowest BCUT2D eigenvalue weighted by Crippen LogP contribution is -2.47. The van der Waals surface area contributed by atoms with Gasteiger partial charge in [-0.25, -0.2) is 8.42 Å². The first-order chi connectivity index (χ1) is 6.37. The summed E-state index contributed by atoms with van der Waals surface area (Å²) in [4.78, 5) is 11.2. The standard InChI is InChI=1S/C8H16N2O3S/c1-8(10-7(11)2-4-9)3-5-14(12,13)6-8/h2-6,9H2,1H3,(H,10,11). The number of rotatable bonds is 3. The van der Waals surface area contributed by atoms with E-state index in [-0.39, 0.29) is 30.4 Å². The van der Waals surface area contributed by atoms with Crippen molar-refractivity contribution in [1.82, 2.24) is 5.32 Å². The third-order valence-electron chi connectivity index (χ3n) is 2.32. The Morgan fingerprint density at radius 3 is 2.64 bits per heavy atom. The van der Waals surface area contributed by atoms with Crippen LogP contribution in [-0.4, -0.2) is 37.9 Å². The molecule has 0 aliphatic carbocycles. The molecule has 82 valence electrons. The summed E-state index contributed by atoms with van der Waals surface area (Å²) in [6.45, 7) is 2.04. The van der Waals surface area contributed by atoms with Crippen molar-refractivity contribution in [3.8, 4) is 0 Å². The molecule has 1 rings (SSSR count).